The quantitative estimate of drug-likeness (QED) is 0.337. The first-order valence-corrected chi connectivity index (χ1v) is 8.35. The van der Waals surface area contributed by atoms with Crippen LogP contribution in [-0.4, -0.2) is 21.1 Å². The molecule has 2 aromatic carbocycles. The predicted molar refractivity (Wildman–Crippen MR) is 96.7 cm³/mol. The molecule has 0 fully saturated rings. The fraction of sp³-hybridized carbons (Fsp3) is 0.118. The van der Waals surface area contributed by atoms with Crippen molar-refractivity contribution in [3.63, 3.8) is 0 Å². The van der Waals surface area contributed by atoms with Gasteiger partial charge in [-0.05, 0) is 37.3 Å². The van der Waals surface area contributed by atoms with Crippen molar-refractivity contribution < 1.29 is 18.9 Å². The lowest BCUT2D eigenvalue weighted by Crippen LogP contribution is -2.10. The second-order valence-electron chi connectivity index (χ2n) is 5.42. The van der Waals surface area contributed by atoms with Gasteiger partial charge in [0.05, 0.1) is 15.5 Å². The van der Waals surface area contributed by atoms with Crippen molar-refractivity contribution in [2.24, 2.45) is 0 Å². The fourth-order valence-corrected chi connectivity index (χ4v) is 2.66. The van der Waals surface area contributed by atoms with Crippen molar-refractivity contribution in [3.05, 3.63) is 74.1 Å². The minimum Gasteiger partial charge on any atom is -0.449 e. The van der Waals surface area contributed by atoms with Crippen LogP contribution in [0, 0.1) is 10.1 Å². The van der Waals surface area contributed by atoms with Gasteiger partial charge in [0.2, 0.25) is 5.89 Å². The van der Waals surface area contributed by atoms with E-state index in [0.717, 1.165) is 0 Å². The Kier molecular flexibility index (Phi) is 5.38. The number of aromatic nitrogens is 2. The molecular formula is C17H11Cl2N3O5. The van der Waals surface area contributed by atoms with Crippen molar-refractivity contribution in [3.8, 4) is 11.5 Å². The van der Waals surface area contributed by atoms with E-state index in [0.29, 0.717) is 10.6 Å². The molecule has 1 aromatic heterocycles. The van der Waals surface area contributed by atoms with E-state index in [-0.39, 0.29) is 28.1 Å². The summed E-state index contributed by atoms with van der Waals surface area (Å²) in [5, 5.41) is 19.0. The van der Waals surface area contributed by atoms with Gasteiger partial charge in [-0.2, -0.15) is 0 Å². The van der Waals surface area contributed by atoms with E-state index in [4.69, 9.17) is 32.4 Å². The van der Waals surface area contributed by atoms with Gasteiger partial charge >= 0.3 is 5.97 Å². The Morgan fingerprint density at radius 2 is 1.89 bits per heavy atom. The molecule has 0 aliphatic carbocycles. The summed E-state index contributed by atoms with van der Waals surface area (Å²) in [4.78, 5) is 22.4. The largest absolute Gasteiger partial charge is 0.449 e. The SMILES string of the molecule is C[C@H](OC(=O)c1ccc(Cl)cc1Cl)c1nnc(-c2ccc([N+](=O)[O-])cc2)o1. The van der Waals surface area contributed by atoms with Gasteiger partial charge in [-0.25, -0.2) is 4.79 Å². The number of hydrogen-bond acceptors (Lipinski definition) is 7. The summed E-state index contributed by atoms with van der Waals surface area (Å²) < 4.78 is 10.8. The molecule has 8 nitrogen and oxygen atoms in total. The lowest BCUT2D eigenvalue weighted by molar-refractivity contribution is -0.384. The number of non-ortho nitro benzene ring substituents is 1. The van der Waals surface area contributed by atoms with Crippen LogP contribution < -0.4 is 0 Å². The van der Waals surface area contributed by atoms with Crippen molar-refractivity contribution in [1.29, 1.82) is 0 Å². The standard InChI is InChI=1S/C17H11Cl2N3O5/c1-9(26-17(23)13-7-4-11(18)8-14(13)19)15-20-21-16(27-15)10-2-5-12(6-3-10)22(24)25/h2-9H,1H3/t9-/m0/s1. The molecule has 3 aromatic rings. The minimum atomic E-state index is -0.830. The molecule has 0 bridgehead atoms. The predicted octanol–water partition coefficient (Wildman–Crippen LogP) is 4.87. The van der Waals surface area contributed by atoms with Gasteiger partial charge < -0.3 is 9.15 Å². The van der Waals surface area contributed by atoms with Crippen LogP contribution in [0.1, 0.15) is 29.3 Å². The van der Waals surface area contributed by atoms with Crippen LogP contribution in [0.2, 0.25) is 10.0 Å². The summed E-state index contributed by atoms with van der Waals surface area (Å²) in [5.41, 5.74) is 0.599. The van der Waals surface area contributed by atoms with Gasteiger partial charge in [0, 0.05) is 22.7 Å². The van der Waals surface area contributed by atoms with Gasteiger partial charge in [-0.3, -0.25) is 10.1 Å². The Labute approximate surface area is 162 Å². The Hall–Kier alpha value is -2.97. The maximum absolute atomic E-state index is 12.2. The number of nitro groups is 1. The Morgan fingerprint density at radius 3 is 2.52 bits per heavy atom. The molecule has 138 valence electrons. The monoisotopic (exact) mass is 407 g/mol. The zero-order valence-corrected chi connectivity index (χ0v) is 15.3. The third-order valence-corrected chi connectivity index (χ3v) is 4.10. The third kappa shape index (κ3) is 4.24. The van der Waals surface area contributed by atoms with Crippen molar-refractivity contribution in [1.82, 2.24) is 10.2 Å². The van der Waals surface area contributed by atoms with Crippen LogP contribution in [0.3, 0.4) is 0 Å². The first-order valence-electron chi connectivity index (χ1n) is 7.59. The Balaban J connectivity index is 1.73. The molecule has 0 amide bonds. The highest BCUT2D eigenvalue weighted by Gasteiger charge is 2.21. The van der Waals surface area contributed by atoms with Crippen LogP contribution in [0.15, 0.2) is 46.9 Å². The van der Waals surface area contributed by atoms with E-state index in [9.17, 15) is 14.9 Å². The van der Waals surface area contributed by atoms with E-state index in [1.807, 2.05) is 0 Å². The summed E-state index contributed by atoms with van der Waals surface area (Å²) >= 11 is 11.8. The average Bonchev–Trinajstić information content (AvgIpc) is 3.12. The zero-order valence-electron chi connectivity index (χ0n) is 13.8. The van der Waals surface area contributed by atoms with E-state index in [1.165, 1.54) is 42.5 Å². The molecule has 0 saturated heterocycles. The smallest absolute Gasteiger partial charge is 0.340 e. The molecule has 1 heterocycles. The van der Waals surface area contributed by atoms with Gasteiger partial charge in [-0.1, -0.05) is 23.2 Å². The number of esters is 1. The summed E-state index contributed by atoms with van der Waals surface area (Å²) in [6, 6.07) is 10.0. The average molecular weight is 408 g/mol. The van der Waals surface area contributed by atoms with Crippen molar-refractivity contribution in [2.45, 2.75) is 13.0 Å². The maximum Gasteiger partial charge on any atom is 0.340 e. The first-order chi connectivity index (χ1) is 12.8. The number of ether oxygens (including phenoxy) is 1. The summed E-state index contributed by atoms with van der Waals surface area (Å²) in [6.07, 6.45) is -0.830. The summed E-state index contributed by atoms with van der Waals surface area (Å²) in [6.45, 7) is 1.56. The van der Waals surface area contributed by atoms with Crippen molar-refractivity contribution >= 4 is 34.9 Å². The number of nitrogens with zero attached hydrogens (tertiary/aromatic N) is 3. The van der Waals surface area contributed by atoms with Crippen LogP contribution in [0.5, 0.6) is 0 Å². The molecule has 0 saturated carbocycles. The van der Waals surface area contributed by atoms with Crippen LogP contribution >= 0.6 is 23.2 Å². The summed E-state index contributed by atoms with van der Waals surface area (Å²) in [5.74, 6) is -0.451. The molecule has 27 heavy (non-hydrogen) atoms. The van der Waals surface area contributed by atoms with E-state index < -0.39 is 17.0 Å². The van der Waals surface area contributed by atoms with Gasteiger partial charge in [0.25, 0.3) is 11.6 Å². The molecule has 1 atom stereocenters. The highest BCUT2D eigenvalue weighted by Crippen LogP contribution is 2.26. The lowest BCUT2D eigenvalue weighted by Gasteiger charge is -2.10. The Morgan fingerprint density at radius 1 is 1.19 bits per heavy atom. The first kappa shape index (κ1) is 18.8. The topological polar surface area (TPSA) is 108 Å². The number of benzene rings is 2. The maximum atomic E-state index is 12.2. The van der Waals surface area contributed by atoms with Crippen LogP contribution in [-0.2, 0) is 4.74 Å². The number of nitro benzene ring substituents is 1. The number of rotatable bonds is 5. The minimum absolute atomic E-state index is 0.0550. The molecule has 0 spiro atoms. The van der Waals surface area contributed by atoms with E-state index in [2.05, 4.69) is 10.2 Å². The highest BCUT2D eigenvalue weighted by atomic mass is 35.5. The molecule has 0 aliphatic heterocycles. The van der Waals surface area contributed by atoms with Gasteiger partial charge in [-0.15, -0.1) is 10.2 Å². The number of carbonyl (C=O) groups excluding carboxylic acids is 1. The van der Waals surface area contributed by atoms with E-state index in [1.54, 1.807) is 6.92 Å². The molecule has 3 rings (SSSR count). The molecular weight excluding hydrogens is 397 g/mol. The zero-order chi connectivity index (χ0) is 19.6. The summed E-state index contributed by atoms with van der Waals surface area (Å²) in [7, 11) is 0. The molecule has 10 heteroatoms. The molecule has 0 aliphatic rings. The van der Waals surface area contributed by atoms with Crippen LogP contribution in [0.25, 0.3) is 11.5 Å². The number of halogens is 2. The lowest BCUT2D eigenvalue weighted by atomic mass is 10.2. The Bertz CT molecular complexity index is 1000. The third-order valence-electron chi connectivity index (χ3n) is 3.55. The van der Waals surface area contributed by atoms with Crippen molar-refractivity contribution in [2.75, 3.05) is 0 Å². The molecule has 0 unspecified atom stereocenters. The second kappa shape index (κ2) is 7.73. The highest BCUT2D eigenvalue weighted by molar-refractivity contribution is 6.36. The number of carbonyl (C=O) groups is 1. The van der Waals surface area contributed by atoms with Crippen LogP contribution in [0.4, 0.5) is 5.69 Å². The number of hydrogen-bond donors (Lipinski definition) is 0. The van der Waals surface area contributed by atoms with Gasteiger partial charge in [0.1, 0.15) is 0 Å². The molecule has 0 radical (unpaired) electrons. The molecule has 0 N–H and O–H groups in total. The van der Waals surface area contributed by atoms with E-state index >= 15 is 0 Å². The normalized spacial score (nSPS) is 11.8. The second-order valence-corrected chi connectivity index (χ2v) is 6.26. The van der Waals surface area contributed by atoms with Gasteiger partial charge in [0.15, 0.2) is 6.10 Å². The fourth-order valence-electron chi connectivity index (χ4n) is 2.17.